The summed E-state index contributed by atoms with van der Waals surface area (Å²) in [5, 5.41) is 9.85. The first-order valence-electron chi connectivity index (χ1n) is 6.25. The van der Waals surface area contributed by atoms with Gasteiger partial charge in [0.25, 0.3) is 5.91 Å². The number of hydrogen-bond donors (Lipinski definition) is 2. The Labute approximate surface area is 109 Å². The van der Waals surface area contributed by atoms with Gasteiger partial charge in [0, 0.05) is 28.7 Å². The van der Waals surface area contributed by atoms with Gasteiger partial charge in [-0.15, -0.1) is 0 Å². The monoisotopic (exact) mass is 258 g/mol. The largest absolute Gasteiger partial charge is 0.480 e. The molecule has 0 bridgehead atoms. The number of carbonyl (C=O) groups is 2. The first-order chi connectivity index (χ1) is 9.15. The summed E-state index contributed by atoms with van der Waals surface area (Å²) in [5.41, 5.74) is 1.51. The van der Waals surface area contributed by atoms with Gasteiger partial charge in [0.05, 0.1) is 0 Å². The summed E-state index contributed by atoms with van der Waals surface area (Å²) >= 11 is 0. The topological polar surface area (TPSA) is 73.4 Å². The Bertz CT molecular complexity index is 643. The molecule has 5 heteroatoms. The van der Waals surface area contributed by atoms with Gasteiger partial charge in [-0.25, -0.2) is 0 Å². The predicted octanol–water partition coefficient (Wildman–Crippen LogP) is 1.86. The number of amides is 1. The molecule has 1 aromatic carbocycles. The summed E-state index contributed by atoms with van der Waals surface area (Å²) in [6, 6.07) is 7.36. The number of H-pyrrole nitrogens is 1. The van der Waals surface area contributed by atoms with Crippen molar-refractivity contribution < 1.29 is 14.7 Å². The second-order valence-corrected chi connectivity index (χ2v) is 4.84. The first kappa shape index (κ1) is 11.8. The molecule has 0 spiro atoms. The van der Waals surface area contributed by atoms with Crippen LogP contribution in [-0.4, -0.2) is 39.5 Å². The first-order valence-corrected chi connectivity index (χ1v) is 6.25. The van der Waals surface area contributed by atoms with Crippen LogP contribution < -0.4 is 0 Å². The third-order valence-corrected chi connectivity index (χ3v) is 3.35. The summed E-state index contributed by atoms with van der Waals surface area (Å²) in [4.78, 5) is 27.7. The molecule has 2 N–H and O–H groups in total. The summed E-state index contributed by atoms with van der Waals surface area (Å²) in [6.07, 6.45) is 3.60. The molecule has 2 aromatic rings. The number of aliphatic carboxylic acids is 1. The molecule has 1 aliphatic carbocycles. The lowest BCUT2D eigenvalue weighted by atomic mass is 10.1. The van der Waals surface area contributed by atoms with Crippen molar-refractivity contribution in [1.82, 2.24) is 9.88 Å². The number of aromatic nitrogens is 1. The third kappa shape index (κ3) is 2.31. The zero-order chi connectivity index (χ0) is 13.4. The van der Waals surface area contributed by atoms with Crippen LogP contribution in [0.15, 0.2) is 30.5 Å². The zero-order valence-corrected chi connectivity index (χ0v) is 10.3. The minimum Gasteiger partial charge on any atom is -0.480 e. The summed E-state index contributed by atoms with van der Waals surface area (Å²) < 4.78 is 0. The van der Waals surface area contributed by atoms with E-state index in [0.717, 1.165) is 23.7 Å². The number of fused-ring (bicyclic) bond motifs is 1. The fraction of sp³-hybridized carbons (Fsp3) is 0.286. The van der Waals surface area contributed by atoms with E-state index in [-0.39, 0.29) is 18.5 Å². The van der Waals surface area contributed by atoms with Crippen LogP contribution in [0.2, 0.25) is 0 Å². The molecule has 5 nitrogen and oxygen atoms in total. The van der Waals surface area contributed by atoms with Gasteiger partial charge < -0.3 is 15.0 Å². The summed E-state index contributed by atoms with van der Waals surface area (Å²) in [7, 11) is 0. The van der Waals surface area contributed by atoms with E-state index in [1.54, 1.807) is 12.1 Å². The van der Waals surface area contributed by atoms with E-state index < -0.39 is 5.97 Å². The van der Waals surface area contributed by atoms with E-state index in [2.05, 4.69) is 4.98 Å². The molecule has 1 saturated carbocycles. The van der Waals surface area contributed by atoms with Crippen LogP contribution in [0.25, 0.3) is 10.9 Å². The van der Waals surface area contributed by atoms with E-state index in [4.69, 9.17) is 5.11 Å². The van der Waals surface area contributed by atoms with Crippen molar-refractivity contribution in [3.8, 4) is 0 Å². The second kappa shape index (κ2) is 4.42. The van der Waals surface area contributed by atoms with Gasteiger partial charge in [-0.1, -0.05) is 0 Å². The summed E-state index contributed by atoms with van der Waals surface area (Å²) in [6.45, 7) is -0.228. The lowest BCUT2D eigenvalue weighted by Gasteiger charge is -2.20. The standard InChI is InChI=1S/C14H14N2O3/c17-13(18)8-16(11-2-3-11)14(19)10-1-4-12-9(7-10)5-6-15-12/h1,4-7,11,15H,2-3,8H2,(H,17,18). The Hall–Kier alpha value is -2.30. The number of nitrogens with zero attached hydrogens (tertiary/aromatic N) is 1. The number of rotatable bonds is 4. The maximum atomic E-state index is 12.4. The number of nitrogens with one attached hydrogen (secondary N) is 1. The van der Waals surface area contributed by atoms with Gasteiger partial charge in [0.2, 0.25) is 0 Å². The van der Waals surface area contributed by atoms with Crippen LogP contribution in [0.3, 0.4) is 0 Å². The number of carboxylic acid groups (broad SMARTS) is 1. The highest BCUT2D eigenvalue weighted by Gasteiger charge is 2.34. The van der Waals surface area contributed by atoms with Crippen molar-refractivity contribution in [3.05, 3.63) is 36.0 Å². The van der Waals surface area contributed by atoms with E-state index in [1.165, 1.54) is 4.90 Å². The van der Waals surface area contributed by atoms with Crippen LogP contribution in [0, 0.1) is 0 Å². The Morgan fingerprint density at radius 2 is 2.11 bits per heavy atom. The van der Waals surface area contributed by atoms with Crippen molar-refractivity contribution in [3.63, 3.8) is 0 Å². The highest BCUT2D eigenvalue weighted by atomic mass is 16.4. The lowest BCUT2D eigenvalue weighted by Crippen LogP contribution is -2.37. The quantitative estimate of drug-likeness (QED) is 0.879. The van der Waals surface area contributed by atoms with Crippen LogP contribution >= 0.6 is 0 Å². The molecule has 1 fully saturated rings. The van der Waals surface area contributed by atoms with E-state index in [9.17, 15) is 9.59 Å². The Morgan fingerprint density at radius 3 is 2.79 bits per heavy atom. The highest BCUT2D eigenvalue weighted by molar-refractivity contribution is 5.99. The summed E-state index contributed by atoms with van der Waals surface area (Å²) in [5.74, 6) is -1.17. The average molecular weight is 258 g/mol. The van der Waals surface area contributed by atoms with E-state index >= 15 is 0 Å². The minimum absolute atomic E-state index is 0.0884. The molecule has 0 saturated heterocycles. The smallest absolute Gasteiger partial charge is 0.323 e. The second-order valence-electron chi connectivity index (χ2n) is 4.84. The Balaban J connectivity index is 1.89. The van der Waals surface area contributed by atoms with Gasteiger partial charge >= 0.3 is 5.97 Å². The highest BCUT2D eigenvalue weighted by Crippen LogP contribution is 2.28. The molecule has 0 atom stereocenters. The molecule has 19 heavy (non-hydrogen) atoms. The molecular weight excluding hydrogens is 244 g/mol. The predicted molar refractivity (Wildman–Crippen MR) is 70.0 cm³/mol. The SMILES string of the molecule is O=C(O)CN(C(=O)c1ccc2[nH]ccc2c1)C1CC1. The fourth-order valence-corrected chi connectivity index (χ4v) is 2.25. The van der Waals surface area contributed by atoms with Crippen LogP contribution in [0.4, 0.5) is 0 Å². The fourth-order valence-electron chi connectivity index (χ4n) is 2.25. The molecule has 1 aliphatic rings. The average Bonchev–Trinajstić information content (AvgIpc) is 3.12. The molecule has 0 radical (unpaired) electrons. The van der Waals surface area contributed by atoms with Crippen LogP contribution in [0.5, 0.6) is 0 Å². The van der Waals surface area contributed by atoms with E-state index in [1.807, 2.05) is 18.3 Å². The number of benzene rings is 1. The van der Waals surface area contributed by atoms with Crippen LogP contribution in [-0.2, 0) is 4.79 Å². The maximum absolute atomic E-state index is 12.4. The molecular formula is C14H14N2O3. The van der Waals surface area contributed by atoms with Gasteiger partial charge in [0.1, 0.15) is 6.54 Å². The zero-order valence-electron chi connectivity index (χ0n) is 10.3. The number of hydrogen-bond acceptors (Lipinski definition) is 2. The van der Waals surface area contributed by atoms with Crippen molar-refractivity contribution in [2.75, 3.05) is 6.54 Å². The molecule has 0 aliphatic heterocycles. The Morgan fingerprint density at radius 1 is 1.32 bits per heavy atom. The molecule has 1 amide bonds. The van der Waals surface area contributed by atoms with Crippen LogP contribution in [0.1, 0.15) is 23.2 Å². The molecule has 1 aromatic heterocycles. The third-order valence-electron chi connectivity index (χ3n) is 3.35. The van der Waals surface area contributed by atoms with Crippen molar-refractivity contribution in [2.45, 2.75) is 18.9 Å². The number of carboxylic acids is 1. The van der Waals surface area contributed by atoms with Gasteiger partial charge in [-0.3, -0.25) is 9.59 Å². The molecule has 0 unspecified atom stereocenters. The minimum atomic E-state index is -0.969. The van der Waals surface area contributed by atoms with Gasteiger partial charge in [0.15, 0.2) is 0 Å². The molecule has 98 valence electrons. The van der Waals surface area contributed by atoms with Gasteiger partial charge in [-0.2, -0.15) is 0 Å². The van der Waals surface area contributed by atoms with Gasteiger partial charge in [-0.05, 0) is 37.1 Å². The molecule has 3 rings (SSSR count). The van der Waals surface area contributed by atoms with E-state index in [0.29, 0.717) is 5.56 Å². The van der Waals surface area contributed by atoms with Crippen molar-refractivity contribution in [2.24, 2.45) is 0 Å². The molecule has 1 heterocycles. The number of aromatic amines is 1. The normalized spacial score (nSPS) is 14.5. The van der Waals surface area contributed by atoms with Crippen molar-refractivity contribution >= 4 is 22.8 Å². The maximum Gasteiger partial charge on any atom is 0.323 e. The van der Waals surface area contributed by atoms with Crippen molar-refractivity contribution in [1.29, 1.82) is 0 Å². The lowest BCUT2D eigenvalue weighted by molar-refractivity contribution is -0.137. The Kier molecular flexibility index (Phi) is 2.74. The number of carbonyl (C=O) groups excluding carboxylic acids is 1.